The molecule has 4 N–H and O–H groups in total. The summed E-state index contributed by atoms with van der Waals surface area (Å²) in [4.78, 5) is 41.5. The first-order chi connectivity index (χ1) is 16.1. The van der Waals surface area contributed by atoms with Crippen molar-refractivity contribution in [2.45, 2.75) is 31.6 Å². The van der Waals surface area contributed by atoms with Gasteiger partial charge in [-0.3, -0.25) is 14.4 Å². The van der Waals surface area contributed by atoms with Crippen molar-refractivity contribution in [2.24, 2.45) is 16.6 Å². The minimum absolute atomic E-state index is 0.378. The third-order valence-electron chi connectivity index (χ3n) is 5.17. The van der Waals surface area contributed by atoms with Crippen molar-refractivity contribution in [3.63, 3.8) is 0 Å². The van der Waals surface area contributed by atoms with Crippen LogP contribution in [0.25, 0.3) is 0 Å². The molecule has 1 heterocycles. The van der Waals surface area contributed by atoms with Gasteiger partial charge in [-0.15, -0.1) is 0 Å². The Kier molecular flexibility index (Phi) is 7.54. The Morgan fingerprint density at radius 1 is 1.21 bits per heavy atom. The highest BCUT2D eigenvalue weighted by atomic mass is 19.4. The van der Waals surface area contributed by atoms with Gasteiger partial charge in [-0.25, -0.2) is 4.99 Å². The number of benzene rings is 2. The third kappa shape index (κ3) is 6.33. The molecular formula is C23H23F3N4O4. The van der Waals surface area contributed by atoms with Gasteiger partial charge < -0.3 is 21.1 Å². The van der Waals surface area contributed by atoms with E-state index in [2.05, 4.69) is 15.6 Å². The number of primary amides is 1. The fraction of sp³-hybridized carbons (Fsp3) is 0.304. The predicted octanol–water partition coefficient (Wildman–Crippen LogP) is 2.76. The zero-order valence-electron chi connectivity index (χ0n) is 18.2. The molecule has 0 aromatic heterocycles. The van der Waals surface area contributed by atoms with E-state index in [1.165, 1.54) is 7.11 Å². The van der Waals surface area contributed by atoms with Gasteiger partial charge in [0.05, 0.1) is 18.5 Å². The lowest BCUT2D eigenvalue weighted by molar-refractivity contribution is -0.143. The summed E-state index contributed by atoms with van der Waals surface area (Å²) in [7, 11) is 1.47. The van der Waals surface area contributed by atoms with Crippen LogP contribution in [-0.2, 0) is 14.4 Å². The lowest BCUT2D eigenvalue weighted by Gasteiger charge is -2.19. The van der Waals surface area contributed by atoms with Gasteiger partial charge in [0.15, 0.2) is 0 Å². The third-order valence-corrected chi connectivity index (χ3v) is 5.17. The van der Waals surface area contributed by atoms with Gasteiger partial charge in [-0.1, -0.05) is 30.3 Å². The molecular weight excluding hydrogens is 453 g/mol. The highest BCUT2D eigenvalue weighted by Gasteiger charge is 2.34. The Balaban J connectivity index is 1.95. The largest absolute Gasteiger partial charge is 0.497 e. The summed E-state index contributed by atoms with van der Waals surface area (Å²) in [6, 6.07) is 13.8. The van der Waals surface area contributed by atoms with Crippen molar-refractivity contribution < 1.29 is 32.3 Å². The van der Waals surface area contributed by atoms with Crippen LogP contribution in [0.4, 0.5) is 18.9 Å². The van der Waals surface area contributed by atoms with Crippen molar-refractivity contribution >= 4 is 29.1 Å². The molecule has 8 nitrogen and oxygen atoms in total. The van der Waals surface area contributed by atoms with Gasteiger partial charge in [-0.2, -0.15) is 13.2 Å². The Bertz CT molecular complexity index is 1100. The van der Waals surface area contributed by atoms with Crippen LogP contribution in [0, 0.1) is 5.92 Å². The molecule has 0 saturated carbocycles. The molecule has 0 aliphatic carbocycles. The minimum Gasteiger partial charge on any atom is -0.497 e. The Labute approximate surface area is 193 Å². The van der Waals surface area contributed by atoms with Crippen LogP contribution < -0.4 is 21.1 Å². The number of carbonyl (C=O) groups is 3. The number of amides is 3. The molecule has 2 aromatic rings. The summed E-state index contributed by atoms with van der Waals surface area (Å²) in [5.41, 5.74) is 7.09. The fourth-order valence-electron chi connectivity index (χ4n) is 3.50. The first-order valence-electron chi connectivity index (χ1n) is 10.4. The number of anilines is 1. The van der Waals surface area contributed by atoms with Crippen LogP contribution in [0.15, 0.2) is 53.5 Å². The normalized spacial score (nSPS) is 16.4. The van der Waals surface area contributed by atoms with Gasteiger partial charge >= 0.3 is 6.18 Å². The minimum atomic E-state index is -4.52. The second-order valence-electron chi connectivity index (χ2n) is 7.68. The molecule has 0 bridgehead atoms. The van der Waals surface area contributed by atoms with E-state index < -0.39 is 55.2 Å². The number of carbonyl (C=O) groups excluding carboxylic acids is 3. The molecule has 3 amide bonds. The SMILES string of the molecule is COc1ccc2c(c1)NC(=O)[C@@H](NC(=O)[C@H](CCC(F)(F)F)CC(N)=O)N=C2c1ccccc1. The van der Waals surface area contributed by atoms with E-state index in [9.17, 15) is 27.6 Å². The number of fused-ring (bicyclic) bond motifs is 1. The van der Waals surface area contributed by atoms with Gasteiger partial charge in [0, 0.05) is 36.0 Å². The molecule has 1 aliphatic heterocycles. The molecule has 11 heteroatoms. The maximum Gasteiger partial charge on any atom is 0.389 e. The van der Waals surface area contributed by atoms with E-state index >= 15 is 0 Å². The van der Waals surface area contributed by atoms with E-state index in [-0.39, 0.29) is 0 Å². The molecule has 2 aromatic carbocycles. The number of nitrogens with zero attached hydrogens (tertiary/aromatic N) is 1. The average Bonchev–Trinajstić information content (AvgIpc) is 2.92. The Hall–Kier alpha value is -3.89. The van der Waals surface area contributed by atoms with Crippen molar-refractivity contribution in [1.82, 2.24) is 5.32 Å². The second-order valence-corrected chi connectivity index (χ2v) is 7.68. The Morgan fingerprint density at radius 2 is 1.91 bits per heavy atom. The van der Waals surface area contributed by atoms with E-state index in [0.29, 0.717) is 28.3 Å². The van der Waals surface area contributed by atoms with Crippen molar-refractivity contribution in [3.8, 4) is 5.75 Å². The number of hydrogen-bond donors (Lipinski definition) is 3. The summed E-state index contributed by atoms with van der Waals surface area (Å²) in [5, 5.41) is 5.04. The van der Waals surface area contributed by atoms with Gasteiger partial charge in [-0.05, 0) is 18.6 Å². The van der Waals surface area contributed by atoms with Crippen LogP contribution >= 0.6 is 0 Å². The number of benzodiazepines with no additional fused rings is 1. The number of ether oxygens (including phenoxy) is 1. The van der Waals surface area contributed by atoms with Crippen LogP contribution in [-0.4, -0.2) is 42.9 Å². The molecule has 0 fully saturated rings. The molecule has 3 rings (SSSR count). The smallest absolute Gasteiger partial charge is 0.389 e. The number of nitrogens with two attached hydrogens (primary N) is 1. The molecule has 0 spiro atoms. The maximum absolute atomic E-state index is 12.9. The molecule has 0 saturated heterocycles. The standard InChI is InChI=1S/C23H23F3N4O4/c1-34-15-7-8-16-17(12-15)28-22(33)20(29-19(16)13-5-3-2-4-6-13)30-21(32)14(11-18(27)31)9-10-23(24,25)26/h2-8,12,14,20H,9-11H2,1H3,(H2,27,31)(H,28,33)(H,30,32)/t14-,20-/m1/s1. The highest BCUT2D eigenvalue weighted by Crippen LogP contribution is 2.29. The number of methoxy groups -OCH3 is 1. The number of nitrogens with one attached hydrogen (secondary N) is 2. The highest BCUT2D eigenvalue weighted by molar-refractivity contribution is 6.20. The zero-order chi connectivity index (χ0) is 24.9. The second kappa shape index (κ2) is 10.4. The number of hydrogen-bond acceptors (Lipinski definition) is 5. The number of rotatable bonds is 8. The first kappa shape index (κ1) is 24.7. The molecule has 2 atom stereocenters. The molecule has 34 heavy (non-hydrogen) atoms. The summed E-state index contributed by atoms with van der Waals surface area (Å²) in [6.45, 7) is 0. The molecule has 0 unspecified atom stereocenters. The summed E-state index contributed by atoms with van der Waals surface area (Å²) >= 11 is 0. The van der Waals surface area contributed by atoms with Gasteiger partial charge in [0.25, 0.3) is 5.91 Å². The summed E-state index contributed by atoms with van der Waals surface area (Å²) < 4.78 is 43.3. The lowest BCUT2D eigenvalue weighted by atomic mass is 9.97. The van der Waals surface area contributed by atoms with Crippen LogP contribution in [0.1, 0.15) is 30.4 Å². The van der Waals surface area contributed by atoms with Gasteiger partial charge in [0.1, 0.15) is 5.75 Å². The van der Waals surface area contributed by atoms with Crippen LogP contribution in [0.3, 0.4) is 0 Å². The quantitative estimate of drug-likeness (QED) is 0.542. The lowest BCUT2D eigenvalue weighted by Crippen LogP contribution is -2.45. The molecule has 1 aliphatic rings. The topological polar surface area (TPSA) is 123 Å². The molecule has 180 valence electrons. The van der Waals surface area contributed by atoms with E-state index in [1.807, 2.05) is 0 Å². The van der Waals surface area contributed by atoms with Crippen molar-refractivity contribution in [1.29, 1.82) is 0 Å². The fourth-order valence-corrected chi connectivity index (χ4v) is 3.50. The maximum atomic E-state index is 12.9. The van der Waals surface area contributed by atoms with Crippen molar-refractivity contribution in [2.75, 3.05) is 12.4 Å². The molecule has 0 radical (unpaired) electrons. The van der Waals surface area contributed by atoms with Crippen LogP contribution in [0.5, 0.6) is 5.75 Å². The number of halogens is 3. The number of aliphatic imine (C=N–C) groups is 1. The van der Waals surface area contributed by atoms with E-state index in [1.54, 1.807) is 48.5 Å². The number of alkyl halides is 3. The monoisotopic (exact) mass is 476 g/mol. The predicted molar refractivity (Wildman–Crippen MR) is 118 cm³/mol. The van der Waals surface area contributed by atoms with Crippen LogP contribution in [0.2, 0.25) is 0 Å². The van der Waals surface area contributed by atoms with Crippen molar-refractivity contribution in [3.05, 3.63) is 59.7 Å². The summed E-state index contributed by atoms with van der Waals surface area (Å²) in [5.74, 6) is -3.46. The first-order valence-corrected chi connectivity index (χ1v) is 10.4. The average molecular weight is 476 g/mol. The Morgan fingerprint density at radius 3 is 2.53 bits per heavy atom. The van der Waals surface area contributed by atoms with E-state index in [0.717, 1.165) is 0 Å². The van der Waals surface area contributed by atoms with E-state index in [4.69, 9.17) is 10.5 Å². The summed E-state index contributed by atoms with van der Waals surface area (Å²) in [6.07, 6.45) is -8.50. The van der Waals surface area contributed by atoms with Gasteiger partial charge in [0.2, 0.25) is 18.0 Å². The zero-order valence-corrected chi connectivity index (χ0v) is 18.2.